The summed E-state index contributed by atoms with van der Waals surface area (Å²) >= 11 is 0. The average Bonchev–Trinajstić information content (AvgIpc) is 4.17. The number of ether oxygens (including phenoxy) is 2. The van der Waals surface area contributed by atoms with Gasteiger partial charge in [0, 0.05) is 23.7 Å². The van der Waals surface area contributed by atoms with Crippen LogP contribution in [0.5, 0.6) is 0 Å². The van der Waals surface area contributed by atoms with Crippen molar-refractivity contribution in [3.05, 3.63) is 22.3 Å². The van der Waals surface area contributed by atoms with Crippen molar-refractivity contribution in [2.45, 2.75) is 31.2 Å². The summed E-state index contributed by atoms with van der Waals surface area (Å²) in [5.41, 5.74) is 5.36. The van der Waals surface area contributed by atoms with Crippen LogP contribution in [0.1, 0.15) is 36.1 Å². The zero-order chi connectivity index (χ0) is 39.8. The van der Waals surface area contributed by atoms with Crippen molar-refractivity contribution >= 4 is 291 Å². The van der Waals surface area contributed by atoms with Gasteiger partial charge in [-0.3, -0.25) is 0 Å². The molecule has 0 amide bonds. The lowest BCUT2D eigenvalue weighted by molar-refractivity contribution is -0.167. The molecular formula is C65H10O2. The van der Waals surface area contributed by atoms with Crippen molar-refractivity contribution in [2.75, 3.05) is 6.61 Å². The first-order valence-electron chi connectivity index (χ1n) is 25.4. The molecule has 67 heavy (non-hydrogen) atoms. The number of benzene rings is 18. The van der Waals surface area contributed by atoms with Crippen molar-refractivity contribution in [1.82, 2.24) is 0 Å². The molecule has 1 heterocycles. The van der Waals surface area contributed by atoms with Crippen LogP contribution in [0.15, 0.2) is 0 Å². The molecule has 28 aromatic rings. The summed E-state index contributed by atoms with van der Waals surface area (Å²) in [5, 5.41) is 88.1. The molecule has 28 aromatic carbocycles. The predicted octanol–water partition coefficient (Wildman–Crippen LogP) is 17.3. The van der Waals surface area contributed by atoms with Crippen molar-refractivity contribution in [3.63, 3.8) is 0 Å². The van der Waals surface area contributed by atoms with E-state index in [0.29, 0.717) is 6.61 Å². The predicted molar refractivity (Wildman–Crippen MR) is 280 cm³/mol. The molecule has 0 saturated carbocycles. The Balaban J connectivity index is 1.24. The third kappa shape index (κ3) is 1.26. The summed E-state index contributed by atoms with van der Waals surface area (Å²) < 4.78 is 15.6. The van der Waals surface area contributed by atoms with Crippen LogP contribution in [0.3, 0.4) is 0 Å². The number of rotatable bonds is 2. The fourth-order valence-corrected chi connectivity index (χ4v) is 25.0. The van der Waals surface area contributed by atoms with Gasteiger partial charge in [0.05, 0.1) is 5.41 Å². The Morgan fingerprint density at radius 2 is 0.433 bits per heavy atom. The molecule has 2 nitrogen and oxygen atoms in total. The van der Waals surface area contributed by atoms with E-state index < -0.39 is 11.0 Å². The maximum Gasteiger partial charge on any atom is 0.163 e. The van der Waals surface area contributed by atoms with Gasteiger partial charge < -0.3 is 9.47 Å². The smallest absolute Gasteiger partial charge is 0.163 e. The highest BCUT2D eigenvalue weighted by molar-refractivity contribution is 6.82. The Morgan fingerprint density at radius 1 is 0.269 bits per heavy atom. The topological polar surface area (TPSA) is 18.5 Å². The molecule has 1 saturated heterocycles. The summed E-state index contributed by atoms with van der Waals surface area (Å²) in [7, 11) is 0. The highest BCUT2D eigenvalue weighted by Gasteiger charge is 2.77. The van der Waals surface area contributed by atoms with Gasteiger partial charge in [0.2, 0.25) is 0 Å². The zero-order valence-corrected chi connectivity index (χ0v) is 34.7. The van der Waals surface area contributed by atoms with E-state index in [1.165, 1.54) is 0 Å². The molecule has 0 aromatic heterocycles. The third-order valence-corrected chi connectivity index (χ3v) is 25.0. The second-order valence-corrected chi connectivity index (χ2v) is 25.0. The summed E-state index contributed by atoms with van der Waals surface area (Å²) in [6.45, 7) is 5.46. The van der Waals surface area contributed by atoms with Gasteiger partial charge in [0.25, 0.3) is 0 Å². The van der Waals surface area contributed by atoms with E-state index in [9.17, 15) is 0 Å². The molecule has 2 heteroatoms. The number of hydrogen-bond acceptors (Lipinski definition) is 2. The minimum absolute atomic E-state index is 0.114. The monoisotopic (exact) mass is 822 g/mol. The normalized spacial score (nSPS) is 25.3. The lowest BCUT2D eigenvalue weighted by atomic mass is 9.51. The SMILES string of the molecule is CCO[C@H]1OC23c4c5c6c7c8c9c(c%10c%11c2c2c4c4c%12c5c5c6c6c8c8c%13c9c9c%10c%10c%11c%11c2c2c4c4c%12c%12c5c5c6c8c6c8c%13c9c9c%10c%10c%11c2c2c4c4c%12c5c6c5c8c9c%10c2c45)C73[C@H]1C. The summed E-state index contributed by atoms with van der Waals surface area (Å²) in [5.74, 6) is 0.114. The average molecular weight is 823 g/mol. The van der Waals surface area contributed by atoms with Gasteiger partial charge in [-0.1, -0.05) is 6.92 Å². The molecule has 5 aliphatic rings. The van der Waals surface area contributed by atoms with Crippen molar-refractivity contribution in [2.24, 2.45) is 5.92 Å². The molecule has 1 aliphatic heterocycles. The fourth-order valence-electron chi connectivity index (χ4n) is 25.0. The second kappa shape index (κ2) is 5.47. The highest BCUT2D eigenvalue weighted by atomic mass is 16.7. The van der Waals surface area contributed by atoms with Crippen molar-refractivity contribution in [1.29, 1.82) is 0 Å². The van der Waals surface area contributed by atoms with Gasteiger partial charge in [0.15, 0.2) is 6.29 Å². The minimum Gasteiger partial charge on any atom is -0.353 e. The lowest BCUT2D eigenvalue weighted by Gasteiger charge is -2.50. The molecule has 0 radical (unpaired) electrons. The van der Waals surface area contributed by atoms with E-state index in [1.807, 2.05) is 0 Å². The molecule has 1 fully saturated rings. The Morgan fingerprint density at radius 3 is 0.612 bits per heavy atom. The Labute approximate surface area is 364 Å². The van der Waals surface area contributed by atoms with E-state index in [4.69, 9.17) is 9.47 Å². The largest absolute Gasteiger partial charge is 0.353 e. The molecule has 2 spiro atoms. The first kappa shape index (κ1) is 24.8. The van der Waals surface area contributed by atoms with Gasteiger partial charge in [-0.05, 0) is 309 Å². The molecule has 0 N–H and O–H groups in total. The van der Waals surface area contributed by atoms with E-state index >= 15 is 0 Å². The molecule has 2 atom stereocenters. The van der Waals surface area contributed by atoms with Crippen LogP contribution in [0.4, 0.5) is 0 Å². The van der Waals surface area contributed by atoms with Crippen LogP contribution in [0.25, 0.3) is 291 Å². The van der Waals surface area contributed by atoms with E-state index in [2.05, 4.69) is 13.8 Å². The standard InChI is InChI=1S/C65H10O2/c1-3-66-63-4(2)64-59-51-43-33-23-15-7-5-6-9-13-11(7)19-27-21(13)31-25-17(9)18-10(6)14-12-8(5)16(15)24-30-20(12)28-22(14)32-26(18)36-35(25)47-41(31)49-39(27)45(37(43)29(19)23)53(59)55(49)61-57(47)58-48(36)42(32)50-40(28)46-38(30)44(34(24)33)52(51)60(64)54(46)56(50)62(58)65(61,64)67-63/h4,63H,3H2,1-2H3/t4-,63-,64?,65?/m0/s1. The third-order valence-electron chi connectivity index (χ3n) is 25.0. The van der Waals surface area contributed by atoms with Crippen molar-refractivity contribution in [3.8, 4) is 0 Å². The summed E-state index contributed by atoms with van der Waals surface area (Å²) in [4.78, 5) is 0. The molecule has 33 rings (SSSR count). The lowest BCUT2D eigenvalue weighted by Crippen LogP contribution is -2.51. The van der Waals surface area contributed by atoms with Crippen LogP contribution in [0, 0.1) is 5.92 Å². The highest BCUT2D eigenvalue weighted by Crippen LogP contribution is 2.86. The van der Waals surface area contributed by atoms with E-state index in [0.717, 1.165) is 0 Å². The zero-order valence-electron chi connectivity index (χ0n) is 34.7. The van der Waals surface area contributed by atoms with E-state index in [1.54, 1.807) is 313 Å². The Bertz CT molecular complexity index is 6860. The molecule has 4 aliphatic carbocycles. The van der Waals surface area contributed by atoms with Crippen LogP contribution < -0.4 is 0 Å². The van der Waals surface area contributed by atoms with Gasteiger partial charge in [0.1, 0.15) is 5.60 Å². The van der Waals surface area contributed by atoms with Crippen LogP contribution in [0.2, 0.25) is 0 Å². The van der Waals surface area contributed by atoms with Gasteiger partial charge >= 0.3 is 0 Å². The first-order valence-corrected chi connectivity index (χ1v) is 25.4. The van der Waals surface area contributed by atoms with Crippen molar-refractivity contribution < 1.29 is 9.47 Å². The minimum atomic E-state index is -0.683. The second-order valence-electron chi connectivity index (χ2n) is 25.0. The van der Waals surface area contributed by atoms with Crippen LogP contribution in [-0.2, 0) is 20.5 Å². The van der Waals surface area contributed by atoms with Gasteiger partial charge in [-0.2, -0.15) is 0 Å². The summed E-state index contributed by atoms with van der Waals surface area (Å²) in [6.07, 6.45) is -0.315. The maximum absolute atomic E-state index is 8.48. The van der Waals surface area contributed by atoms with Gasteiger partial charge in [-0.25, -0.2) is 0 Å². The Hall–Kier alpha value is -7.62. The molecule has 282 valence electrons. The quantitative estimate of drug-likeness (QED) is 0.162. The molecule has 0 bridgehead atoms. The van der Waals surface area contributed by atoms with Gasteiger partial charge in [-0.15, -0.1) is 0 Å². The molecule has 0 unspecified atom stereocenters. The number of hydrogen-bond donors (Lipinski definition) is 0. The first-order chi connectivity index (χ1) is 33.3. The Kier molecular flexibility index (Phi) is 2.02. The maximum atomic E-state index is 8.48. The summed E-state index contributed by atoms with van der Waals surface area (Å²) in [6, 6.07) is 0. The van der Waals surface area contributed by atoms with Crippen LogP contribution in [-0.4, -0.2) is 12.9 Å². The van der Waals surface area contributed by atoms with Crippen LogP contribution >= 0.6 is 0 Å². The molecular weight excluding hydrogens is 813 g/mol. The fraction of sp³-hybridized carbons (Fsp3) is 0.108. The van der Waals surface area contributed by atoms with E-state index in [-0.39, 0.29) is 12.2 Å².